The monoisotopic (exact) mass is 305 g/mol. The van der Waals surface area contributed by atoms with Crippen molar-refractivity contribution in [2.24, 2.45) is 0 Å². The molecule has 7 nitrogen and oxygen atoms in total. The van der Waals surface area contributed by atoms with Gasteiger partial charge >= 0.3 is 0 Å². The van der Waals surface area contributed by atoms with Gasteiger partial charge in [0.05, 0.1) is 6.04 Å². The lowest BCUT2D eigenvalue weighted by atomic mass is 10.2. The van der Waals surface area contributed by atoms with Gasteiger partial charge in [-0.25, -0.2) is 13.8 Å². The number of nitrogens with zero attached hydrogens (tertiary/aromatic N) is 6. The fraction of sp³-hybridized carbons (Fsp3) is 0.385. The molecule has 0 bridgehead atoms. The second-order valence-electron chi connectivity index (χ2n) is 5.15. The molecule has 0 aromatic carbocycles. The van der Waals surface area contributed by atoms with E-state index in [2.05, 4.69) is 30.2 Å². The number of H-pyrrole nitrogens is 1. The molecule has 9 heteroatoms. The average molecular weight is 305 g/mol. The van der Waals surface area contributed by atoms with Crippen LogP contribution in [0.2, 0.25) is 0 Å². The Bertz CT molecular complexity index is 783. The molecule has 0 saturated carbocycles. The topological polar surface area (TPSA) is 75.0 Å². The van der Waals surface area contributed by atoms with Gasteiger partial charge in [-0.15, -0.1) is 15.3 Å². The average Bonchev–Trinajstić information content (AvgIpc) is 3.25. The molecule has 1 N–H and O–H groups in total. The van der Waals surface area contributed by atoms with Crippen molar-refractivity contribution in [3.63, 3.8) is 0 Å². The van der Waals surface area contributed by atoms with Gasteiger partial charge in [0.25, 0.3) is 6.43 Å². The predicted molar refractivity (Wildman–Crippen MR) is 73.6 cm³/mol. The first-order valence-corrected chi connectivity index (χ1v) is 7.00. The second-order valence-corrected chi connectivity index (χ2v) is 5.15. The van der Waals surface area contributed by atoms with E-state index < -0.39 is 12.2 Å². The SMILES string of the molecule is FC(F)c1nnc2ccc(N3CCCC3c3ncc[nH]3)nn12. The summed E-state index contributed by atoms with van der Waals surface area (Å²) >= 11 is 0. The smallest absolute Gasteiger partial charge is 0.299 e. The fourth-order valence-electron chi connectivity index (χ4n) is 2.87. The largest absolute Gasteiger partial charge is 0.347 e. The molecule has 114 valence electrons. The molecular weight excluding hydrogens is 292 g/mol. The summed E-state index contributed by atoms with van der Waals surface area (Å²) in [5.74, 6) is 1.04. The zero-order valence-corrected chi connectivity index (χ0v) is 11.5. The van der Waals surface area contributed by atoms with Gasteiger partial charge in [0.2, 0.25) is 5.82 Å². The standard InChI is InChI=1S/C13H13F2N7/c14-11(15)13-19-18-9-3-4-10(20-22(9)13)21-7-1-2-8(21)12-16-5-6-17-12/h3-6,8,11H,1-2,7H2,(H,16,17). The Labute approximate surface area is 124 Å². The third kappa shape index (κ3) is 2.00. The minimum atomic E-state index is -2.71. The number of imidazole rings is 1. The van der Waals surface area contributed by atoms with Crippen LogP contribution in [0.5, 0.6) is 0 Å². The van der Waals surface area contributed by atoms with Gasteiger partial charge in [0, 0.05) is 18.9 Å². The lowest BCUT2D eigenvalue weighted by Crippen LogP contribution is -2.25. The van der Waals surface area contributed by atoms with Crippen molar-refractivity contribution in [3.8, 4) is 0 Å². The molecule has 1 saturated heterocycles. The van der Waals surface area contributed by atoms with Crippen LogP contribution in [-0.2, 0) is 0 Å². The van der Waals surface area contributed by atoms with E-state index in [1.54, 1.807) is 24.5 Å². The van der Waals surface area contributed by atoms with Gasteiger partial charge in [0.1, 0.15) is 11.6 Å². The van der Waals surface area contributed by atoms with E-state index in [-0.39, 0.29) is 6.04 Å². The summed E-state index contributed by atoms with van der Waals surface area (Å²) < 4.78 is 27.0. The van der Waals surface area contributed by atoms with Crippen LogP contribution in [0.4, 0.5) is 14.6 Å². The Kier molecular flexibility index (Phi) is 2.98. The molecule has 1 aliphatic heterocycles. The first kappa shape index (κ1) is 13.1. The van der Waals surface area contributed by atoms with Crippen molar-refractivity contribution in [2.45, 2.75) is 25.3 Å². The highest BCUT2D eigenvalue weighted by atomic mass is 19.3. The number of anilines is 1. The Morgan fingerprint density at radius 1 is 1.27 bits per heavy atom. The van der Waals surface area contributed by atoms with Gasteiger partial charge < -0.3 is 9.88 Å². The number of halogens is 2. The van der Waals surface area contributed by atoms with Crippen LogP contribution < -0.4 is 4.90 Å². The Morgan fingerprint density at radius 3 is 2.95 bits per heavy atom. The van der Waals surface area contributed by atoms with Crippen molar-refractivity contribution < 1.29 is 8.78 Å². The third-order valence-corrected chi connectivity index (χ3v) is 3.85. The van der Waals surface area contributed by atoms with E-state index in [0.717, 1.165) is 29.7 Å². The van der Waals surface area contributed by atoms with E-state index in [9.17, 15) is 8.78 Å². The summed E-state index contributed by atoms with van der Waals surface area (Å²) in [6, 6.07) is 3.51. The minimum absolute atomic E-state index is 0.0754. The highest BCUT2D eigenvalue weighted by Gasteiger charge is 2.29. The lowest BCUT2D eigenvalue weighted by Gasteiger charge is -2.24. The first-order chi connectivity index (χ1) is 10.7. The van der Waals surface area contributed by atoms with Crippen LogP contribution in [0.25, 0.3) is 5.65 Å². The Morgan fingerprint density at radius 2 is 2.18 bits per heavy atom. The molecule has 22 heavy (non-hydrogen) atoms. The van der Waals surface area contributed by atoms with Crippen LogP contribution in [0.1, 0.15) is 37.0 Å². The molecule has 0 amide bonds. The van der Waals surface area contributed by atoms with E-state index in [4.69, 9.17) is 0 Å². The van der Waals surface area contributed by atoms with E-state index >= 15 is 0 Å². The van der Waals surface area contributed by atoms with Gasteiger partial charge in [0.15, 0.2) is 5.65 Å². The number of alkyl halides is 2. The number of hydrogen-bond donors (Lipinski definition) is 1. The van der Waals surface area contributed by atoms with Crippen LogP contribution in [-0.4, -0.2) is 36.3 Å². The van der Waals surface area contributed by atoms with E-state index in [1.165, 1.54) is 0 Å². The molecule has 0 spiro atoms. The summed E-state index contributed by atoms with van der Waals surface area (Å²) in [6.45, 7) is 0.802. The molecule has 4 heterocycles. The van der Waals surface area contributed by atoms with Crippen LogP contribution in [0, 0.1) is 0 Å². The molecule has 1 fully saturated rings. The predicted octanol–water partition coefficient (Wildman–Crippen LogP) is 2.13. The summed E-state index contributed by atoms with van der Waals surface area (Å²) in [7, 11) is 0. The second kappa shape index (κ2) is 5.00. The lowest BCUT2D eigenvalue weighted by molar-refractivity contribution is 0.137. The molecular formula is C13H13F2N7. The van der Waals surface area contributed by atoms with Gasteiger partial charge in [-0.3, -0.25) is 0 Å². The number of hydrogen-bond acceptors (Lipinski definition) is 5. The van der Waals surface area contributed by atoms with Crippen molar-refractivity contribution in [1.29, 1.82) is 0 Å². The van der Waals surface area contributed by atoms with Crippen molar-refractivity contribution in [3.05, 3.63) is 36.2 Å². The zero-order valence-electron chi connectivity index (χ0n) is 11.5. The van der Waals surface area contributed by atoms with Crippen LogP contribution >= 0.6 is 0 Å². The molecule has 1 aliphatic rings. The van der Waals surface area contributed by atoms with Gasteiger partial charge in [-0.1, -0.05) is 0 Å². The van der Waals surface area contributed by atoms with E-state index in [0.29, 0.717) is 11.5 Å². The molecule has 0 aliphatic carbocycles. The maximum Gasteiger partial charge on any atom is 0.299 e. The van der Waals surface area contributed by atoms with Crippen molar-refractivity contribution >= 4 is 11.5 Å². The Hall–Kier alpha value is -2.58. The normalized spacial score (nSPS) is 18.7. The quantitative estimate of drug-likeness (QED) is 0.802. The number of aromatic amines is 1. The molecule has 4 rings (SSSR count). The summed E-state index contributed by atoms with van der Waals surface area (Å²) in [6.07, 6.45) is 2.71. The summed E-state index contributed by atoms with van der Waals surface area (Å²) in [5, 5.41) is 11.5. The summed E-state index contributed by atoms with van der Waals surface area (Å²) in [4.78, 5) is 9.47. The maximum absolute atomic E-state index is 12.9. The number of fused-ring (bicyclic) bond motifs is 1. The molecule has 3 aromatic heterocycles. The molecule has 0 radical (unpaired) electrons. The molecule has 3 aromatic rings. The zero-order chi connectivity index (χ0) is 15.1. The highest BCUT2D eigenvalue weighted by molar-refractivity contribution is 5.47. The third-order valence-electron chi connectivity index (χ3n) is 3.85. The number of nitrogens with one attached hydrogen (secondary N) is 1. The minimum Gasteiger partial charge on any atom is -0.347 e. The first-order valence-electron chi connectivity index (χ1n) is 7.00. The van der Waals surface area contributed by atoms with Gasteiger partial charge in [-0.05, 0) is 25.0 Å². The van der Waals surface area contributed by atoms with Crippen molar-refractivity contribution in [1.82, 2.24) is 29.8 Å². The van der Waals surface area contributed by atoms with Crippen LogP contribution in [0.15, 0.2) is 24.5 Å². The number of rotatable bonds is 3. The molecule has 1 unspecified atom stereocenters. The summed E-state index contributed by atoms with van der Waals surface area (Å²) in [5.41, 5.74) is 0.313. The Balaban J connectivity index is 1.75. The molecule has 1 atom stereocenters. The van der Waals surface area contributed by atoms with Crippen LogP contribution in [0.3, 0.4) is 0 Å². The fourth-order valence-corrected chi connectivity index (χ4v) is 2.87. The highest BCUT2D eigenvalue weighted by Crippen LogP contribution is 2.33. The number of aromatic nitrogens is 6. The van der Waals surface area contributed by atoms with Crippen molar-refractivity contribution in [2.75, 3.05) is 11.4 Å². The van der Waals surface area contributed by atoms with E-state index in [1.807, 2.05) is 0 Å². The maximum atomic E-state index is 12.9. The van der Waals surface area contributed by atoms with Gasteiger partial charge in [-0.2, -0.15) is 4.52 Å².